The van der Waals surface area contributed by atoms with Crippen LogP contribution >= 0.6 is 0 Å². The highest BCUT2D eigenvalue weighted by atomic mass is 16.2. The lowest BCUT2D eigenvalue weighted by molar-refractivity contribution is -0.130. The molecule has 1 saturated heterocycles. The largest absolute Gasteiger partial charge is 0.355 e. The van der Waals surface area contributed by atoms with Crippen LogP contribution in [0.4, 0.5) is 0 Å². The lowest BCUT2D eigenvalue weighted by Gasteiger charge is -2.20. The Bertz CT molecular complexity index is 332. The van der Waals surface area contributed by atoms with Crippen LogP contribution in [0.5, 0.6) is 0 Å². The van der Waals surface area contributed by atoms with Gasteiger partial charge in [0.25, 0.3) is 0 Å². The minimum absolute atomic E-state index is 0.0249. The summed E-state index contributed by atoms with van der Waals surface area (Å²) in [6.07, 6.45) is 3.59. The van der Waals surface area contributed by atoms with E-state index < -0.39 is 6.04 Å². The molecule has 1 saturated carbocycles. The van der Waals surface area contributed by atoms with Crippen molar-refractivity contribution in [1.29, 1.82) is 0 Å². The van der Waals surface area contributed by atoms with Crippen LogP contribution < -0.4 is 16.0 Å². The fourth-order valence-electron chi connectivity index (χ4n) is 3.17. The van der Waals surface area contributed by atoms with Gasteiger partial charge in [-0.25, -0.2) is 0 Å². The molecule has 102 valence electrons. The highest BCUT2D eigenvalue weighted by Crippen LogP contribution is 2.37. The molecule has 4 atom stereocenters. The maximum atomic E-state index is 12.2. The third-order valence-electron chi connectivity index (χ3n) is 4.13. The van der Waals surface area contributed by atoms with E-state index in [-0.39, 0.29) is 17.9 Å². The predicted octanol–water partition coefficient (Wildman–Crippen LogP) is 0.0153. The van der Waals surface area contributed by atoms with Gasteiger partial charge in [0.2, 0.25) is 11.8 Å². The summed E-state index contributed by atoms with van der Waals surface area (Å²) in [5.74, 6) is 0.974. The third kappa shape index (κ3) is 2.66. The van der Waals surface area contributed by atoms with E-state index in [0.29, 0.717) is 18.4 Å². The van der Waals surface area contributed by atoms with E-state index in [0.717, 1.165) is 13.0 Å². The maximum absolute atomic E-state index is 12.2. The standard InChI is InChI=1S/C13H23N3O2/c1-3-14-12(17)8(2)16-13(18)11-10-6-4-5-9(10)7-15-11/h8-11,15H,3-7H2,1-2H3,(H,14,17)(H,16,18). The first-order valence-corrected chi connectivity index (χ1v) is 6.95. The first-order chi connectivity index (χ1) is 8.63. The first kappa shape index (κ1) is 13.3. The number of hydrogen-bond donors (Lipinski definition) is 3. The van der Waals surface area contributed by atoms with Crippen molar-refractivity contribution < 1.29 is 9.59 Å². The Morgan fingerprint density at radius 3 is 2.89 bits per heavy atom. The number of amides is 2. The maximum Gasteiger partial charge on any atom is 0.242 e. The molecule has 1 aliphatic carbocycles. The number of carbonyl (C=O) groups excluding carboxylic acids is 2. The molecule has 2 amide bonds. The summed E-state index contributed by atoms with van der Waals surface area (Å²) in [5, 5.41) is 8.81. The van der Waals surface area contributed by atoms with Gasteiger partial charge in [0, 0.05) is 6.54 Å². The van der Waals surface area contributed by atoms with E-state index in [4.69, 9.17) is 0 Å². The van der Waals surface area contributed by atoms with Crippen LogP contribution in [0, 0.1) is 11.8 Å². The summed E-state index contributed by atoms with van der Waals surface area (Å²) in [5.41, 5.74) is 0. The second-order valence-electron chi connectivity index (χ2n) is 5.37. The molecule has 2 aliphatic rings. The number of carbonyl (C=O) groups is 2. The van der Waals surface area contributed by atoms with Gasteiger partial charge >= 0.3 is 0 Å². The van der Waals surface area contributed by atoms with E-state index >= 15 is 0 Å². The van der Waals surface area contributed by atoms with Crippen molar-refractivity contribution in [3.8, 4) is 0 Å². The van der Waals surface area contributed by atoms with Gasteiger partial charge in [-0.15, -0.1) is 0 Å². The van der Waals surface area contributed by atoms with Gasteiger partial charge in [0.15, 0.2) is 0 Å². The van der Waals surface area contributed by atoms with E-state index in [1.165, 1.54) is 12.8 Å². The van der Waals surface area contributed by atoms with E-state index in [9.17, 15) is 9.59 Å². The molecule has 2 fully saturated rings. The normalized spacial score (nSPS) is 31.8. The van der Waals surface area contributed by atoms with E-state index in [1.54, 1.807) is 6.92 Å². The monoisotopic (exact) mass is 253 g/mol. The van der Waals surface area contributed by atoms with E-state index in [1.807, 2.05) is 6.92 Å². The van der Waals surface area contributed by atoms with Gasteiger partial charge in [-0.2, -0.15) is 0 Å². The lowest BCUT2D eigenvalue weighted by atomic mass is 9.93. The quantitative estimate of drug-likeness (QED) is 0.661. The Morgan fingerprint density at radius 1 is 1.39 bits per heavy atom. The zero-order valence-corrected chi connectivity index (χ0v) is 11.2. The second-order valence-corrected chi connectivity index (χ2v) is 5.37. The molecule has 5 heteroatoms. The topological polar surface area (TPSA) is 70.2 Å². The van der Waals surface area contributed by atoms with Gasteiger partial charge in [0.1, 0.15) is 6.04 Å². The van der Waals surface area contributed by atoms with Crippen molar-refractivity contribution in [2.24, 2.45) is 11.8 Å². The predicted molar refractivity (Wildman–Crippen MR) is 68.9 cm³/mol. The molecule has 5 nitrogen and oxygen atoms in total. The van der Waals surface area contributed by atoms with Crippen LogP contribution in [0.3, 0.4) is 0 Å². The third-order valence-corrected chi connectivity index (χ3v) is 4.13. The summed E-state index contributed by atoms with van der Waals surface area (Å²) < 4.78 is 0. The number of likely N-dealkylation sites (N-methyl/N-ethyl adjacent to an activating group) is 1. The Balaban J connectivity index is 1.86. The number of rotatable bonds is 4. The van der Waals surface area contributed by atoms with Crippen molar-refractivity contribution in [1.82, 2.24) is 16.0 Å². The highest BCUT2D eigenvalue weighted by Gasteiger charge is 2.42. The molecular formula is C13H23N3O2. The molecule has 18 heavy (non-hydrogen) atoms. The molecule has 0 bridgehead atoms. The van der Waals surface area contributed by atoms with Crippen molar-refractivity contribution in [3.05, 3.63) is 0 Å². The number of nitrogens with one attached hydrogen (secondary N) is 3. The molecule has 0 spiro atoms. The number of hydrogen-bond acceptors (Lipinski definition) is 3. The van der Waals surface area contributed by atoms with Gasteiger partial charge in [0.05, 0.1) is 6.04 Å². The van der Waals surface area contributed by atoms with Gasteiger partial charge in [-0.05, 0) is 45.1 Å². The number of fused-ring (bicyclic) bond motifs is 1. The van der Waals surface area contributed by atoms with Crippen molar-refractivity contribution in [2.45, 2.75) is 45.2 Å². The minimum atomic E-state index is -0.459. The Kier molecular flexibility index (Phi) is 4.22. The van der Waals surface area contributed by atoms with Gasteiger partial charge < -0.3 is 16.0 Å². The van der Waals surface area contributed by atoms with Crippen LogP contribution in [-0.2, 0) is 9.59 Å². The Morgan fingerprint density at radius 2 is 2.17 bits per heavy atom. The van der Waals surface area contributed by atoms with Crippen LogP contribution in [-0.4, -0.2) is 37.0 Å². The molecule has 3 N–H and O–H groups in total. The molecular weight excluding hydrogens is 230 g/mol. The smallest absolute Gasteiger partial charge is 0.242 e. The molecule has 1 aliphatic heterocycles. The van der Waals surface area contributed by atoms with Crippen molar-refractivity contribution in [3.63, 3.8) is 0 Å². The average molecular weight is 253 g/mol. The first-order valence-electron chi connectivity index (χ1n) is 6.95. The fraction of sp³-hybridized carbons (Fsp3) is 0.846. The molecule has 0 radical (unpaired) electrons. The SMILES string of the molecule is CCNC(=O)C(C)NC(=O)C1NCC2CCCC21. The second kappa shape index (κ2) is 5.69. The lowest BCUT2D eigenvalue weighted by Crippen LogP contribution is -2.51. The zero-order chi connectivity index (χ0) is 13.1. The van der Waals surface area contributed by atoms with Crippen LogP contribution in [0.25, 0.3) is 0 Å². The summed E-state index contributed by atoms with van der Waals surface area (Å²) >= 11 is 0. The average Bonchev–Trinajstić information content (AvgIpc) is 2.90. The van der Waals surface area contributed by atoms with Gasteiger partial charge in [-0.1, -0.05) is 6.42 Å². The molecule has 0 aromatic carbocycles. The van der Waals surface area contributed by atoms with E-state index in [2.05, 4.69) is 16.0 Å². The molecule has 0 aromatic heterocycles. The van der Waals surface area contributed by atoms with Crippen LogP contribution in [0.2, 0.25) is 0 Å². The Hall–Kier alpha value is -1.10. The zero-order valence-electron chi connectivity index (χ0n) is 11.2. The summed E-state index contributed by atoms with van der Waals surface area (Å²) in [6.45, 7) is 5.13. The molecule has 0 aromatic rings. The summed E-state index contributed by atoms with van der Waals surface area (Å²) in [7, 11) is 0. The summed E-state index contributed by atoms with van der Waals surface area (Å²) in [4.78, 5) is 23.7. The minimum Gasteiger partial charge on any atom is -0.355 e. The van der Waals surface area contributed by atoms with Gasteiger partial charge in [-0.3, -0.25) is 9.59 Å². The molecule has 1 heterocycles. The van der Waals surface area contributed by atoms with Crippen LogP contribution in [0.15, 0.2) is 0 Å². The summed E-state index contributed by atoms with van der Waals surface area (Å²) in [6, 6.07) is -0.561. The Labute approximate surface area is 108 Å². The fourth-order valence-corrected chi connectivity index (χ4v) is 3.17. The van der Waals surface area contributed by atoms with Crippen molar-refractivity contribution in [2.75, 3.05) is 13.1 Å². The molecule has 2 rings (SSSR count). The van der Waals surface area contributed by atoms with Crippen LogP contribution in [0.1, 0.15) is 33.1 Å². The highest BCUT2D eigenvalue weighted by molar-refractivity contribution is 5.89. The van der Waals surface area contributed by atoms with Crippen molar-refractivity contribution >= 4 is 11.8 Å². The molecule has 4 unspecified atom stereocenters.